The van der Waals surface area contributed by atoms with Crippen LogP contribution in [0.2, 0.25) is 0 Å². The molecule has 3 aromatic rings. The lowest BCUT2D eigenvalue weighted by atomic mass is 10.1. The van der Waals surface area contributed by atoms with E-state index in [0.717, 1.165) is 47.4 Å². The Morgan fingerprint density at radius 1 is 1.23 bits per heavy atom. The molecule has 1 atom stereocenters. The summed E-state index contributed by atoms with van der Waals surface area (Å²) in [5.41, 5.74) is 3.85. The van der Waals surface area contributed by atoms with E-state index in [9.17, 15) is 4.79 Å². The van der Waals surface area contributed by atoms with Gasteiger partial charge in [0.2, 0.25) is 0 Å². The highest BCUT2D eigenvalue weighted by Crippen LogP contribution is 2.22. The van der Waals surface area contributed by atoms with Crippen molar-refractivity contribution < 1.29 is 9.53 Å². The Kier molecular flexibility index (Phi) is 5.77. The van der Waals surface area contributed by atoms with Gasteiger partial charge in [0.15, 0.2) is 0 Å². The van der Waals surface area contributed by atoms with E-state index in [1.807, 2.05) is 60.7 Å². The van der Waals surface area contributed by atoms with Crippen LogP contribution in [0.4, 0.5) is 0 Å². The highest BCUT2D eigenvalue weighted by molar-refractivity contribution is 5.94. The molecule has 0 N–H and O–H groups in total. The second kappa shape index (κ2) is 8.48. The number of carbonyl (C=O) groups excluding carboxylic acids is 1. The van der Waals surface area contributed by atoms with E-state index in [1.165, 1.54) is 0 Å². The summed E-state index contributed by atoms with van der Waals surface area (Å²) in [5, 5.41) is 0. The van der Waals surface area contributed by atoms with Gasteiger partial charge in [0, 0.05) is 50.4 Å². The number of carbonyl (C=O) groups is 1. The molecule has 30 heavy (non-hydrogen) atoms. The fourth-order valence-corrected chi connectivity index (χ4v) is 4.17. The third kappa shape index (κ3) is 4.05. The largest absolute Gasteiger partial charge is 0.497 e. The van der Waals surface area contributed by atoms with Crippen LogP contribution in [-0.2, 0) is 6.54 Å². The first kappa shape index (κ1) is 20.4. The first-order valence-electron chi connectivity index (χ1n) is 10.6. The lowest BCUT2D eigenvalue weighted by Crippen LogP contribution is -2.40. The van der Waals surface area contributed by atoms with Crippen LogP contribution in [0.5, 0.6) is 5.75 Å². The summed E-state index contributed by atoms with van der Waals surface area (Å²) in [5.74, 6) is 0.899. The molecular weight excluding hydrogens is 376 g/mol. The number of amides is 1. The van der Waals surface area contributed by atoms with Crippen LogP contribution in [0.3, 0.4) is 0 Å². The fourth-order valence-electron chi connectivity index (χ4n) is 4.17. The standard InChI is InChI=1S/C24H30N4O2/c1-17(2)27-12-11-20(15-27)26(3)24(29)19-7-5-18(6-8-19)14-28-16-25-22-13-21(30-4)9-10-23(22)28/h5-10,13,16-17,20H,11-12,14-15H2,1-4H3. The van der Waals surface area contributed by atoms with Crippen molar-refractivity contribution in [1.82, 2.24) is 19.4 Å². The Morgan fingerprint density at radius 2 is 2.00 bits per heavy atom. The van der Waals surface area contributed by atoms with Gasteiger partial charge in [0.1, 0.15) is 5.75 Å². The maximum absolute atomic E-state index is 13.0. The molecule has 1 saturated heterocycles. The summed E-state index contributed by atoms with van der Waals surface area (Å²) < 4.78 is 7.38. The minimum atomic E-state index is 0.0948. The normalized spacial score (nSPS) is 17.0. The Balaban J connectivity index is 1.43. The van der Waals surface area contributed by atoms with E-state index >= 15 is 0 Å². The van der Waals surface area contributed by atoms with Crippen LogP contribution < -0.4 is 4.74 Å². The summed E-state index contributed by atoms with van der Waals surface area (Å²) in [6.07, 6.45) is 2.88. The van der Waals surface area contributed by atoms with Crippen molar-refractivity contribution in [2.75, 3.05) is 27.2 Å². The second-order valence-electron chi connectivity index (χ2n) is 8.37. The van der Waals surface area contributed by atoms with Crippen LogP contribution in [0, 0.1) is 0 Å². The molecule has 0 saturated carbocycles. The van der Waals surface area contributed by atoms with Crippen molar-refractivity contribution in [2.24, 2.45) is 0 Å². The molecule has 0 aliphatic carbocycles. The zero-order valence-corrected chi connectivity index (χ0v) is 18.2. The molecule has 6 nitrogen and oxygen atoms in total. The van der Waals surface area contributed by atoms with Gasteiger partial charge in [-0.05, 0) is 50.1 Å². The van der Waals surface area contributed by atoms with Crippen molar-refractivity contribution in [2.45, 2.75) is 38.9 Å². The van der Waals surface area contributed by atoms with E-state index in [1.54, 1.807) is 7.11 Å². The topological polar surface area (TPSA) is 50.6 Å². The predicted octanol–water partition coefficient (Wildman–Crippen LogP) is 3.65. The summed E-state index contributed by atoms with van der Waals surface area (Å²) in [7, 11) is 3.59. The second-order valence-corrected chi connectivity index (χ2v) is 8.37. The molecule has 1 aromatic heterocycles. The average molecular weight is 407 g/mol. The van der Waals surface area contributed by atoms with Crippen molar-refractivity contribution in [3.63, 3.8) is 0 Å². The van der Waals surface area contributed by atoms with Crippen LogP contribution in [0.25, 0.3) is 11.0 Å². The number of likely N-dealkylation sites (tertiary alicyclic amines) is 1. The lowest BCUT2D eigenvalue weighted by Gasteiger charge is -2.26. The first-order valence-corrected chi connectivity index (χ1v) is 10.6. The molecule has 2 aromatic carbocycles. The van der Waals surface area contributed by atoms with E-state index in [4.69, 9.17) is 4.74 Å². The maximum atomic E-state index is 13.0. The lowest BCUT2D eigenvalue weighted by molar-refractivity contribution is 0.0732. The van der Waals surface area contributed by atoms with Crippen LogP contribution in [-0.4, -0.2) is 64.6 Å². The van der Waals surface area contributed by atoms with Crippen molar-refractivity contribution in [3.8, 4) is 5.75 Å². The molecule has 1 unspecified atom stereocenters. The highest BCUT2D eigenvalue weighted by Gasteiger charge is 2.29. The molecule has 1 fully saturated rings. The number of hydrogen-bond donors (Lipinski definition) is 0. The van der Waals surface area contributed by atoms with Gasteiger partial charge < -0.3 is 14.2 Å². The summed E-state index contributed by atoms with van der Waals surface area (Å²) in [6.45, 7) is 7.14. The van der Waals surface area contributed by atoms with Gasteiger partial charge in [-0.2, -0.15) is 0 Å². The van der Waals surface area contributed by atoms with E-state index < -0.39 is 0 Å². The number of hydrogen-bond acceptors (Lipinski definition) is 4. The summed E-state index contributed by atoms with van der Waals surface area (Å²) >= 11 is 0. The van der Waals surface area contributed by atoms with Crippen LogP contribution in [0.15, 0.2) is 48.8 Å². The minimum Gasteiger partial charge on any atom is -0.497 e. The Labute approximate surface area is 178 Å². The van der Waals surface area contributed by atoms with Gasteiger partial charge >= 0.3 is 0 Å². The molecule has 158 valence electrons. The molecule has 1 amide bonds. The van der Waals surface area contributed by atoms with Gasteiger partial charge in [0.05, 0.1) is 24.5 Å². The van der Waals surface area contributed by atoms with Gasteiger partial charge in [-0.1, -0.05) is 12.1 Å². The molecule has 2 heterocycles. The zero-order chi connectivity index (χ0) is 21.3. The van der Waals surface area contributed by atoms with E-state index in [2.05, 4.69) is 28.3 Å². The SMILES string of the molecule is COc1ccc2c(c1)ncn2Cc1ccc(C(=O)N(C)C2CCN(C(C)C)C2)cc1. The number of fused-ring (bicyclic) bond motifs is 1. The van der Waals surface area contributed by atoms with Crippen molar-refractivity contribution >= 4 is 16.9 Å². The minimum absolute atomic E-state index is 0.0948. The molecule has 0 spiro atoms. The highest BCUT2D eigenvalue weighted by atomic mass is 16.5. The summed E-state index contributed by atoms with van der Waals surface area (Å²) in [6, 6.07) is 14.7. The molecule has 1 aliphatic rings. The number of imidazole rings is 1. The number of likely N-dealkylation sites (N-methyl/N-ethyl adjacent to an activating group) is 1. The molecular formula is C24H30N4O2. The number of aromatic nitrogens is 2. The van der Waals surface area contributed by atoms with Gasteiger partial charge in [0.25, 0.3) is 5.91 Å². The maximum Gasteiger partial charge on any atom is 0.253 e. The van der Waals surface area contributed by atoms with Gasteiger partial charge in [-0.3, -0.25) is 9.69 Å². The third-order valence-electron chi connectivity index (χ3n) is 6.18. The van der Waals surface area contributed by atoms with E-state index in [0.29, 0.717) is 12.6 Å². The number of benzene rings is 2. The molecule has 1 aliphatic heterocycles. The summed E-state index contributed by atoms with van der Waals surface area (Å²) in [4.78, 5) is 21.8. The molecule has 6 heteroatoms. The molecule has 0 bridgehead atoms. The number of nitrogens with zero attached hydrogens (tertiary/aromatic N) is 4. The monoisotopic (exact) mass is 406 g/mol. The number of rotatable bonds is 6. The first-order chi connectivity index (χ1) is 14.5. The number of methoxy groups -OCH3 is 1. The van der Waals surface area contributed by atoms with Crippen LogP contribution in [0.1, 0.15) is 36.2 Å². The Morgan fingerprint density at radius 3 is 2.67 bits per heavy atom. The molecule has 4 rings (SSSR count). The third-order valence-corrected chi connectivity index (χ3v) is 6.18. The average Bonchev–Trinajstić information content (AvgIpc) is 3.41. The van der Waals surface area contributed by atoms with E-state index in [-0.39, 0.29) is 11.9 Å². The fraction of sp³-hybridized carbons (Fsp3) is 0.417. The number of ether oxygens (including phenoxy) is 1. The van der Waals surface area contributed by atoms with Gasteiger partial charge in [-0.15, -0.1) is 0 Å². The smallest absolute Gasteiger partial charge is 0.253 e. The van der Waals surface area contributed by atoms with Crippen LogP contribution >= 0.6 is 0 Å². The van der Waals surface area contributed by atoms with Crippen molar-refractivity contribution in [1.29, 1.82) is 0 Å². The predicted molar refractivity (Wildman–Crippen MR) is 119 cm³/mol. The Bertz CT molecular complexity index is 1030. The molecule has 0 radical (unpaired) electrons. The van der Waals surface area contributed by atoms with Crippen molar-refractivity contribution in [3.05, 3.63) is 59.9 Å². The Hall–Kier alpha value is -2.86. The van der Waals surface area contributed by atoms with Gasteiger partial charge in [-0.25, -0.2) is 4.98 Å². The zero-order valence-electron chi connectivity index (χ0n) is 18.2. The quantitative estimate of drug-likeness (QED) is 0.627.